The fourth-order valence-corrected chi connectivity index (χ4v) is 5.12. The van der Waals surface area contributed by atoms with E-state index in [-0.39, 0.29) is 41.8 Å². The molecule has 0 radical (unpaired) electrons. The molecule has 1 aliphatic rings. The second-order valence-electron chi connectivity index (χ2n) is 9.97. The quantitative estimate of drug-likeness (QED) is 0.164. The number of anilines is 3. The second-order valence-corrected chi connectivity index (χ2v) is 9.97. The van der Waals surface area contributed by atoms with Gasteiger partial charge in [0.2, 0.25) is 0 Å². The lowest BCUT2D eigenvalue weighted by Crippen LogP contribution is -2.57. The summed E-state index contributed by atoms with van der Waals surface area (Å²) in [5.74, 6) is -1.87. The lowest BCUT2D eigenvalue weighted by atomic mass is 10.0. The molecule has 4 aromatic rings. The van der Waals surface area contributed by atoms with Crippen LogP contribution in [0.2, 0.25) is 0 Å². The largest absolute Gasteiger partial charge is 0.505 e. The summed E-state index contributed by atoms with van der Waals surface area (Å²) in [6, 6.07) is 15.8. The van der Waals surface area contributed by atoms with Gasteiger partial charge in [-0.15, -0.1) is 0 Å². The zero-order valence-electron chi connectivity index (χ0n) is 22.9. The van der Waals surface area contributed by atoms with E-state index >= 15 is 0 Å². The lowest BCUT2D eigenvalue weighted by Gasteiger charge is -2.40. The number of hydrogen-bond donors (Lipinski definition) is 4. The normalized spacial score (nSPS) is 15.8. The molecule has 42 heavy (non-hydrogen) atoms. The Labute approximate surface area is 241 Å². The Morgan fingerprint density at radius 1 is 1.02 bits per heavy atom. The van der Waals surface area contributed by atoms with E-state index in [1.807, 2.05) is 37.3 Å². The lowest BCUT2D eigenvalue weighted by molar-refractivity contribution is -0.143. The molecule has 0 aliphatic carbocycles. The number of furan rings is 1. The Kier molecular flexibility index (Phi) is 7.83. The Morgan fingerprint density at radius 3 is 2.43 bits per heavy atom. The zero-order chi connectivity index (χ0) is 30.0. The third kappa shape index (κ3) is 5.24. The Hall–Kier alpha value is -5.32. The predicted molar refractivity (Wildman–Crippen MR) is 158 cm³/mol. The number of carboxylic acids is 1. The second kappa shape index (κ2) is 11.7. The zero-order valence-corrected chi connectivity index (χ0v) is 22.9. The Morgan fingerprint density at radius 2 is 1.76 bits per heavy atom. The van der Waals surface area contributed by atoms with Crippen LogP contribution in [0.4, 0.5) is 17.1 Å². The van der Waals surface area contributed by atoms with Crippen LogP contribution in [0.1, 0.15) is 41.1 Å². The molecule has 5 rings (SSSR count). The molecular weight excluding hydrogens is 540 g/mol. The van der Waals surface area contributed by atoms with Gasteiger partial charge >= 0.3 is 5.97 Å². The van der Waals surface area contributed by atoms with Gasteiger partial charge in [-0.2, -0.15) is 0 Å². The Bertz CT molecular complexity index is 1690. The summed E-state index contributed by atoms with van der Waals surface area (Å²) in [4.78, 5) is 53.6. The molecule has 0 saturated carbocycles. The number of rotatable bonds is 10. The van der Waals surface area contributed by atoms with Crippen LogP contribution in [0.15, 0.2) is 87.5 Å². The number of amides is 1. The van der Waals surface area contributed by atoms with E-state index in [2.05, 4.69) is 17.2 Å². The van der Waals surface area contributed by atoms with Crippen LogP contribution in [0.3, 0.4) is 0 Å². The molecule has 1 aliphatic heterocycles. The molecule has 0 spiro atoms. The topological polar surface area (TPSA) is 152 Å². The van der Waals surface area contributed by atoms with Crippen molar-refractivity contribution in [3.63, 3.8) is 0 Å². The molecule has 2 atom stereocenters. The van der Waals surface area contributed by atoms with Gasteiger partial charge in [-0.25, -0.2) is 4.79 Å². The molecule has 216 valence electrons. The number of phenols is 1. The number of aliphatic carboxylic acids is 1. The van der Waals surface area contributed by atoms with Crippen LogP contribution < -0.4 is 21.5 Å². The first-order chi connectivity index (χ1) is 20.2. The number of aromatic hydroxyl groups is 1. The summed E-state index contributed by atoms with van der Waals surface area (Å²) in [6.07, 6.45) is 2.14. The molecule has 4 N–H and O–H groups in total. The fraction of sp³-hybridized carbons (Fsp3) is 0.226. The molecule has 1 aromatic heterocycles. The molecule has 0 bridgehead atoms. The molecule has 1 fully saturated rings. The third-order valence-electron chi connectivity index (χ3n) is 7.48. The minimum Gasteiger partial charge on any atom is -0.505 e. The van der Waals surface area contributed by atoms with Crippen LogP contribution in [0.5, 0.6) is 5.75 Å². The van der Waals surface area contributed by atoms with Gasteiger partial charge in [-0.1, -0.05) is 49.9 Å². The minimum absolute atomic E-state index is 0.0252. The van der Waals surface area contributed by atoms with E-state index in [1.165, 1.54) is 29.4 Å². The van der Waals surface area contributed by atoms with Crippen molar-refractivity contribution in [2.45, 2.75) is 25.4 Å². The first-order valence-corrected chi connectivity index (χ1v) is 13.5. The number of nitrogens with zero attached hydrogens (tertiary/aromatic N) is 2. The average Bonchev–Trinajstić information content (AvgIpc) is 3.56. The highest BCUT2D eigenvalue weighted by molar-refractivity contribution is 6.01. The minimum atomic E-state index is -1.22. The number of piperazine rings is 1. The molecule has 11 heteroatoms. The summed E-state index contributed by atoms with van der Waals surface area (Å²) in [7, 11) is 0. The maximum Gasteiger partial charge on any atom is 0.328 e. The van der Waals surface area contributed by atoms with E-state index in [0.29, 0.717) is 24.4 Å². The van der Waals surface area contributed by atoms with Crippen molar-refractivity contribution in [1.29, 1.82) is 0 Å². The van der Waals surface area contributed by atoms with Gasteiger partial charge in [-0.05, 0) is 36.2 Å². The number of carbonyl (C=O) groups excluding carboxylic acids is 1. The van der Waals surface area contributed by atoms with Crippen LogP contribution >= 0.6 is 0 Å². The van der Waals surface area contributed by atoms with Crippen LogP contribution in [0.25, 0.3) is 5.70 Å². The molecule has 11 nitrogen and oxygen atoms in total. The summed E-state index contributed by atoms with van der Waals surface area (Å²) in [6.45, 7) is 6.26. The van der Waals surface area contributed by atoms with Gasteiger partial charge in [0.25, 0.3) is 16.8 Å². The van der Waals surface area contributed by atoms with Gasteiger partial charge in [0, 0.05) is 19.6 Å². The van der Waals surface area contributed by atoms with E-state index in [1.54, 1.807) is 17.0 Å². The first kappa shape index (κ1) is 28.2. The van der Waals surface area contributed by atoms with Gasteiger partial charge in [-0.3, -0.25) is 14.4 Å². The van der Waals surface area contributed by atoms with Crippen molar-refractivity contribution >= 4 is 34.6 Å². The Balaban J connectivity index is 1.36. The summed E-state index contributed by atoms with van der Waals surface area (Å²) < 4.78 is 5.37. The van der Waals surface area contributed by atoms with Crippen LogP contribution in [-0.4, -0.2) is 57.6 Å². The van der Waals surface area contributed by atoms with Gasteiger partial charge in [0.15, 0.2) is 5.75 Å². The van der Waals surface area contributed by atoms with E-state index in [0.717, 1.165) is 5.56 Å². The van der Waals surface area contributed by atoms with Crippen molar-refractivity contribution in [1.82, 2.24) is 9.80 Å². The molecule has 3 aromatic carbocycles. The smallest absolute Gasteiger partial charge is 0.328 e. The van der Waals surface area contributed by atoms with Gasteiger partial charge in [0.1, 0.15) is 23.2 Å². The molecule has 1 amide bonds. The van der Waals surface area contributed by atoms with Crippen molar-refractivity contribution in [2.24, 2.45) is 0 Å². The van der Waals surface area contributed by atoms with Crippen molar-refractivity contribution in [2.75, 3.05) is 30.3 Å². The highest BCUT2D eigenvalue weighted by Gasteiger charge is 2.37. The highest BCUT2D eigenvalue weighted by atomic mass is 16.4. The predicted octanol–water partition coefficient (Wildman–Crippen LogP) is 3.77. The molecule has 2 heterocycles. The number of para-hydroxylation sites is 1. The molecular formula is C31H30N4O7. The first-order valence-electron chi connectivity index (χ1n) is 13.5. The van der Waals surface area contributed by atoms with Crippen molar-refractivity contribution < 1.29 is 24.2 Å². The standard InChI is InChI=1S/C31H30N4O7/c1-3-21(19-9-5-4-6-10-19)32-25-26(29(38)28(25)37)33-22-12-7-11-20(27(22)36)30(39)35-15-14-34(17-23(35)31(40)41)18(2)24-13-8-16-42-24/h4-13,16,21,23,32-33,36H,2-3,14-15,17H2,1H3,(H,40,41)/t21-,23?/m1/s1. The molecule has 1 unspecified atom stereocenters. The number of hydrogen-bond acceptors (Lipinski definition) is 9. The SMILES string of the molecule is C=C(c1ccco1)N1CCN(C(=O)c2cccc(Nc3c(N[C@H](CC)c4ccccc4)c(=O)c3=O)c2O)C(C(=O)O)C1. The number of phenolic OH excluding ortho intramolecular Hbond substituents is 1. The number of benzene rings is 2. The van der Waals surface area contributed by atoms with E-state index < -0.39 is 34.5 Å². The maximum atomic E-state index is 13.6. The summed E-state index contributed by atoms with van der Waals surface area (Å²) >= 11 is 0. The third-order valence-corrected chi connectivity index (χ3v) is 7.48. The van der Waals surface area contributed by atoms with Crippen molar-refractivity contribution in [3.8, 4) is 5.75 Å². The number of carbonyl (C=O) groups is 2. The van der Waals surface area contributed by atoms with E-state index in [4.69, 9.17) is 4.42 Å². The number of carboxylic acid groups (broad SMARTS) is 1. The van der Waals surface area contributed by atoms with Crippen LogP contribution in [0, 0.1) is 0 Å². The van der Waals surface area contributed by atoms with E-state index in [9.17, 15) is 29.4 Å². The van der Waals surface area contributed by atoms with Crippen molar-refractivity contribution in [3.05, 3.63) is 111 Å². The summed E-state index contributed by atoms with van der Waals surface area (Å²) in [5, 5.41) is 26.9. The van der Waals surface area contributed by atoms with Crippen LogP contribution in [-0.2, 0) is 4.79 Å². The molecule has 1 saturated heterocycles. The highest BCUT2D eigenvalue weighted by Crippen LogP contribution is 2.34. The fourth-order valence-electron chi connectivity index (χ4n) is 5.12. The maximum absolute atomic E-state index is 13.6. The average molecular weight is 571 g/mol. The monoisotopic (exact) mass is 570 g/mol. The number of nitrogens with one attached hydrogen (secondary N) is 2. The summed E-state index contributed by atoms with van der Waals surface area (Å²) in [5.41, 5.74) is -0.0488. The van der Waals surface area contributed by atoms with Gasteiger partial charge in [0.05, 0.1) is 29.3 Å². The van der Waals surface area contributed by atoms with Gasteiger partial charge < -0.3 is 35.1 Å².